The lowest BCUT2D eigenvalue weighted by Gasteiger charge is -2.09. The summed E-state index contributed by atoms with van der Waals surface area (Å²) in [6, 6.07) is 6.44. The minimum absolute atomic E-state index is 0.161. The van der Waals surface area contributed by atoms with Crippen LogP contribution in [-0.4, -0.2) is 5.38 Å². The van der Waals surface area contributed by atoms with Gasteiger partial charge in [0.05, 0.1) is 5.38 Å². The second-order valence-electron chi connectivity index (χ2n) is 3.66. The van der Waals surface area contributed by atoms with Crippen LogP contribution in [0.2, 0.25) is 0 Å². The van der Waals surface area contributed by atoms with Gasteiger partial charge in [-0.15, -0.1) is 22.9 Å². The molecule has 0 nitrogen and oxygen atoms in total. The number of benzene rings is 1. The summed E-state index contributed by atoms with van der Waals surface area (Å²) in [6.07, 6.45) is 5.20. The van der Waals surface area contributed by atoms with E-state index in [4.69, 9.17) is 11.6 Å². The lowest BCUT2D eigenvalue weighted by molar-refractivity contribution is 1.02. The topological polar surface area (TPSA) is 0 Å². The number of hydrogen-bond acceptors (Lipinski definition) is 1. The molecule has 76 valence electrons. The predicted molar refractivity (Wildman–Crippen MR) is 71.9 cm³/mol. The van der Waals surface area contributed by atoms with Crippen LogP contribution in [0.15, 0.2) is 28.7 Å². The van der Waals surface area contributed by atoms with Gasteiger partial charge in [0.15, 0.2) is 0 Å². The lowest BCUT2D eigenvalue weighted by Crippen LogP contribution is -2.02. The molecule has 1 atom stereocenters. The molecule has 1 unspecified atom stereocenters. The summed E-state index contributed by atoms with van der Waals surface area (Å²) in [7, 11) is 0. The smallest absolute Gasteiger partial charge is 0.0567 e. The van der Waals surface area contributed by atoms with Crippen molar-refractivity contribution < 1.29 is 0 Å². The molecule has 1 aromatic carbocycles. The first-order chi connectivity index (χ1) is 7.24. The van der Waals surface area contributed by atoms with Crippen molar-refractivity contribution in [3.63, 3.8) is 0 Å². The van der Waals surface area contributed by atoms with Gasteiger partial charge in [0.25, 0.3) is 0 Å². The average molecular weight is 300 g/mol. The zero-order chi connectivity index (χ0) is 10.4. The monoisotopic (exact) mass is 298 g/mol. The summed E-state index contributed by atoms with van der Waals surface area (Å²) >= 11 is 11.5. The number of hydrogen-bond donors (Lipinski definition) is 0. The van der Waals surface area contributed by atoms with Crippen LogP contribution in [0.3, 0.4) is 0 Å². The van der Waals surface area contributed by atoms with E-state index in [1.165, 1.54) is 20.5 Å². The molecule has 0 bridgehead atoms. The van der Waals surface area contributed by atoms with E-state index in [9.17, 15) is 0 Å². The van der Waals surface area contributed by atoms with Gasteiger partial charge < -0.3 is 0 Å². The van der Waals surface area contributed by atoms with Crippen molar-refractivity contribution >= 4 is 55.0 Å². The molecular formula is C12H8BrClS. The zero-order valence-electron chi connectivity index (χ0n) is 7.84. The number of thiophene rings is 1. The van der Waals surface area contributed by atoms with Gasteiger partial charge in [-0.2, -0.15) is 0 Å². The van der Waals surface area contributed by atoms with Crippen molar-refractivity contribution in [2.45, 2.75) is 11.8 Å². The van der Waals surface area contributed by atoms with E-state index >= 15 is 0 Å². The summed E-state index contributed by atoms with van der Waals surface area (Å²) in [5, 5.41) is 1.51. The van der Waals surface area contributed by atoms with Gasteiger partial charge in [-0.05, 0) is 17.7 Å². The van der Waals surface area contributed by atoms with Crippen molar-refractivity contribution in [3.05, 3.63) is 39.2 Å². The Labute approximate surface area is 106 Å². The Balaban J connectivity index is 2.29. The quantitative estimate of drug-likeness (QED) is 0.611. The van der Waals surface area contributed by atoms with E-state index in [0.29, 0.717) is 0 Å². The minimum Gasteiger partial charge on any atom is -0.140 e. The third kappa shape index (κ3) is 1.65. The largest absolute Gasteiger partial charge is 0.140 e. The first-order valence-corrected chi connectivity index (χ1v) is 6.82. The fraction of sp³-hybridized carbons (Fsp3) is 0.167. The first-order valence-electron chi connectivity index (χ1n) is 4.77. The van der Waals surface area contributed by atoms with E-state index in [1.54, 1.807) is 0 Å². The van der Waals surface area contributed by atoms with Crippen molar-refractivity contribution in [2.75, 3.05) is 0 Å². The number of rotatable bonds is 0. The summed E-state index contributed by atoms with van der Waals surface area (Å²) in [4.78, 5) is 1.41. The Morgan fingerprint density at radius 3 is 3.13 bits per heavy atom. The zero-order valence-corrected chi connectivity index (χ0v) is 11.0. The molecule has 15 heavy (non-hydrogen) atoms. The Bertz CT molecular complexity index is 556. The molecule has 2 aromatic rings. The van der Waals surface area contributed by atoms with E-state index in [-0.39, 0.29) is 5.38 Å². The van der Waals surface area contributed by atoms with Crippen LogP contribution >= 0.6 is 38.9 Å². The molecule has 0 amide bonds. The van der Waals surface area contributed by atoms with Crippen LogP contribution in [0.5, 0.6) is 0 Å². The van der Waals surface area contributed by atoms with Crippen LogP contribution in [0, 0.1) is 0 Å². The van der Waals surface area contributed by atoms with Gasteiger partial charge in [0.2, 0.25) is 0 Å². The highest BCUT2D eigenvalue weighted by atomic mass is 79.9. The van der Waals surface area contributed by atoms with Crippen LogP contribution in [0.25, 0.3) is 16.2 Å². The highest BCUT2D eigenvalue weighted by Crippen LogP contribution is 2.37. The Hall–Kier alpha value is -0.310. The molecule has 0 radical (unpaired) electrons. The summed E-state index contributed by atoms with van der Waals surface area (Å²) in [5.74, 6) is 0. The molecule has 1 heterocycles. The van der Waals surface area contributed by atoms with Gasteiger partial charge in [-0.3, -0.25) is 0 Å². The molecule has 3 heteroatoms. The van der Waals surface area contributed by atoms with Gasteiger partial charge in [0.1, 0.15) is 0 Å². The SMILES string of the molecule is ClC1C=Cc2c(sc3cc(Br)ccc23)C1. The maximum absolute atomic E-state index is 6.11. The second-order valence-corrected chi connectivity index (χ2v) is 6.27. The van der Waals surface area contributed by atoms with Gasteiger partial charge in [0, 0.05) is 25.9 Å². The lowest BCUT2D eigenvalue weighted by atomic mass is 10.0. The molecule has 0 saturated heterocycles. The first kappa shape index (κ1) is 9.88. The fourth-order valence-electron chi connectivity index (χ4n) is 1.92. The Kier molecular flexibility index (Phi) is 2.38. The molecule has 1 aliphatic rings. The minimum atomic E-state index is 0.161. The predicted octanol–water partition coefficient (Wildman–Crippen LogP) is 4.84. The van der Waals surface area contributed by atoms with Crippen LogP contribution < -0.4 is 0 Å². The van der Waals surface area contributed by atoms with E-state index in [1.807, 2.05) is 11.3 Å². The second kappa shape index (κ2) is 3.62. The van der Waals surface area contributed by atoms with Crippen molar-refractivity contribution in [1.82, 2.24) is 0 Å². The van der Waals surface area contributed by atoms with Gasteiger partial charge in [-0.25, -0.2) is 0 Å². The van der Waals surface area contributed by atoms with E-state index in [0.717, 1.165) is 10.9 Å². The fourth-order valence-corrected chi connectivity index (χ4v) is 4.04. The molecule has 0 N–H and O–H groups in total. The van der Waals surface area contributed by atoms with E-state index in [2.05, 4.69) is 46.3 Å². The molecule has 0 spiro atoms. The number of allylic oxidation sites excluding steroid dienone is 1. The molecule has 0 saturated carbocycles. The molecule has 3 rings (SSSR count). The van der Waals surface area contributed by atoms with Gasteiger partial charge >= 0.3 is 0 Å². The average Bonchev–Trinajstić information content (AvgIpc) is 2.53. The molecule has 1 aromatic heterocycles. The van der Waals surface area contributed by atoms with Crippen molar-refractivity contribution in [1.29, 1.82) is 0 Å². The maximum atomic E-state index is 6.11. The molecular weight excluding hydrogens is 292 g/mol. The van der Waals surface area contributed by atoms with E-state index < -0.39 is 0 Å². The standard InChI is InChI=1S/C12H8BrClS/c13-7-1-3-9-10-4-2-8(14)6-12(10)15-11(9)5-7/h1-5,8H,6H2. The highest BCUT2D eigenvalue weighted by Gasteiger charge is 2.16. The third-order valence-corrected chi connectivity index (χ3v) is 4.60. The van der Waals surface area contributed by atoms with Gasteiger partial charge in [-0.1, -0.05) is 34.1 Å². The Morgan fingerprint density at radius 2 is 2.27 bits per heavy atom. The van der Waals surface area contributed by atoms with Crippen molar-refractivity contribution in [2.24, 2.45) is 0 Å². The van der Waals surface area contributed by atoms with Crippen LogP contribution in [-0.2, 0) is 6.42 Å². The highest BCUT2D eigenvalue weighted by molar-refractivity contribution is 9.10. The van der Waals surface area contributed by atoms with Crippen LogP contribution in [0.1, 0.15) is 10.4 Å². The molecule has 0 fully saturated rings. The summed E-state index contributed by atoms with van der Waals surface area (Å²) < 4.78 is 2.48. The number of fused-ring (bicyclic) bond motifs is 3. The summed E-state index contributed by atoms with van der Waals surface area (Å²) in [5.41, 5.74) is 1.36. The Morgan fingerprint density at radius 1 is 1.40 bits per heavy atom. The maximum Gasteiger partial charge on any atom is 0.0567 e. The van der Waals surface area contributed by atoms with Crippen molar-refractivity contribution in [3.8, 4) is 0 Å². The number of halogens is 2. The normalized spacial score (nSPS) is 19.5. The summed E-state index contributed by atoms with van der Waals surface area (Å²) in [6.45, 7) is 0. The molecule has 1 aliphatic carbocycles. The third-order valence-electron chi connectivity index (χ3n) is 2.62. The molecule has 0 aliphatic heterocycles. The number of alkyl halides is 1. The van der Waals surface area contributed by atoms with Crippen LogP contribution in [0.4, 0.5) is 0 Å².